The van der Waals surface area contributed by atoms with Crippen LogP contribution in [0.4, 0.5) is 0 Å². The van der Waals surface area contributed by atoms with Crippen molar-refractivity contribution < 1.29 is 19.4 Å². The molecule has 0 amide bonds. The van der Waals surface area contributed by atoms with Crippen molar-refractivity contribution in [1.29, 1.82) is 0 Å². The number of hydrogen-bond donors (Lipinski definition) is 1. The molecule has 0 aliphatic rings. The van der Waals surface area contributed by atoms with Crippen LogP contribution < -0.4 is 4.74 Å². The number of rotatable bonds is 5. The average molecular weight is 272 g/mol. The van der Waals surface area contributed by atoms with Crippen LogP contribution in [-0.2, 0) is 22.6 Å². The van der Waals surface area contributed by atoms with Crippen LogP contribution in [0.1, 0.15) is 11.1 Å². The second-order valence-electron chi connectivity index (χ2n) is 4.33. The molecule has 20 heavy (non-hydrogen) atoms. The summed E-state index contributed by atoms with van der Waals surface area (Å²) in [5.74, 6) is 0.0776. The highest BCUT2D eigenvalue weighted by atomic mass is 16.5. The van der Waals surface area contributed by atoms with Crippen molar-refractivity contribution in [2.45, 2.75) is 13.0 Å². The largest absolute Gasteiger partial charge is 0.504 e. The van der Waals surface area contributed by atoms with Gasteiger partial charge in [-0.1, -0.05) is 36.4 Å². The summed E-state index contributed by atoms with van der Waals surface area (Å²) in [5.41, 5.74) is 1.68. The molecule has 0 aliphatic heterocycles. The number of carbonyl (C=O) groups is 1. The first kappa shape index (κ1) is 13.9. The zero-order valence-electron chi connectivity index (χ0n) is 11.2. The maximum Gasteiger partial charge on any atom is 0.310 e. The molecule has 2 rings (SSSR count). The van der Waals surface area contributed by atoms with E-state index in [1.807, 2.05) is 30.3 Å². The van der Waals surface area contributed by atoms with E-state index in [4.69, 9.17) is 9.47 Å². The summed E-state index contributed by atoms with van der Waals surface area (Å²) in [5, 5.41) is 9.48. The molecular formula is C16H16O4. The molecule has 0 saturated carbocycles. The van der Waals surface area contributed by atoms with Crippen molar-refractivity contribution in [3.05, 3.63) is 59.7 Å². The third-order valence-corrected chi connectivity index (χ3v) is 2.84. The molecule has 104 valence electrons. The van der Waals surface area contributed by atoms with Gasteiger partial charge >= 0.3 is 5.97 Å². The average Bonchev–Trinajstić information content (AvgIpc) is 2.48. The summed E-state index contributed by atoms with van der Waals surface area (Å²) >= 11 is 0. The third-order valence-electron chi connectivity index (χ3n) is 2.84. The van der Waals surface area contributed by atoms with Crippen LogP contribution in [-0.4, -0.2) is 18.2 Å². The number of phenols is 1. The first-order valence-electron chi connectivity index (χ1n) is 6.24. The Labute approximate surface area is 117 Å². The first-order chi connectivity index (χ1) is 9.69. The number of esters is 1. The third kappa shape index (κ3) is 3.75. The highest BCUT2D eigenvalue weighted by Crippen LogP contribution is 2.26. The second kappa shape index (κ2) is 6.61. The highest BCUT2D eigenvalue weighted by molar-refractivity contribution is 5.73. The lowest BCUT2D eigenvalue weighted by molar-refractivity contribution is -0.144. The molecule has 0 aliphatic carbocycles. The number of ether oxygens (including phenoxy) is 2. The van der Waals surface area contributed by atoms with Crippen molar-refractivity contribution in [2.24, 2.45) is 0 Å². The molecular weight excluding hydrogens is 256 g/mol. The Hall–Kier alpha value is -2.49. The number of hydrogen-bond acceptors (Lipinski definition) is 4. The van der Waals surface area contributed by atoms with Crippen molar-refractivity contribution in [1.82, 2.24) is 0 Å². The van der Waals surface area contributed by atoms with Crippen molar-refractivity contribution in [2.75, 3.05) is 7.11 Å². The van der Waals surface area contributed by atoms with E-state index in [-0.39, 0.29) is 24.7 Å². The Morgan fingerprint density at radius 2 is 1.85 bits per heavy atom. The van der Waals surface area contributed by atoms with E-state index in [1.165, 1.54) is 13.2 Å². The summed E-state index contributed by atoms with van der Waals surface area (Å²) in [6, 6.07) is 14.3. The number of benzene rings is 2. The number of methoxy groups -OCH3 is 1. The van der Waals surface area contributed by atoms with Crippen LogP contribution in [0.15, 0.2) is 48.5 Å². The second-order valence-corrected chi connectivity index (χ2v) is 4.33. The molecule has 4 nitrogen and oxygen atoms in total. The maximum atomic E-state index is 11.7. The first-order valence-corrected chi connectivity index (χ1v) is 6.24. The standard InChI is InChI=1S/C16H16O4/c1-19-15-9-13(7-8-14(15)17)10-16(18)20-11-12-5-3-2-4-6-12/h2-9,17H,10-11H2,1H3. The van der Waals surface area contributed by atoms with Crippen molar-refractivity contribution >= 4 is 5.97 Å². The maximum absolute atomic E-state index is 11.7. The minimum Gasteiger partial charge on any atom is -0.504 e. The molecule has 2 aromatic rings. The molecule has 0 bridgehead atoms. The molecule has 0 unspecified atom stereocenters. The minimum absolute atomic E-state index is 0.0499. The van der Waals surface area contributed by atoms with Gasteiger partial charge < -0.3 is 14.6 Å². The van der Waals surface area contributed by atoms with E-state index < -0.39 is 0 Å². The zero-order valence-corrected chi connectivity index (χ0v) is 11.2. The van der Waals surface area contributed by atoms with Gasteiger partial charge in [-0.15, -0.1) is 0 Å². The quantitative estimate of drug-likeness (QED) is 0.850. The molecule has 0 atom stereocenters. The van der Waals surface area contributed by atoms with Gasteiger partial charge in [-0.3, -0.25) is 4.79 Å². The predicted molar refractivity (Wildman–Crippen MR) is 74.6 cm³/mol. The summed E-state index contributed by atoms with van der Waals surface area (Å²) in [6.45, 7) is 0.259. The zero-order chi connectivity index (χ0) is 14.4. The molecule has 0 heterocycles. The molecule has 0 spiro atoms. The van der Waals surface area contributed by atoms with Gasteiger partial charge in [-0.05, 0) is 23.3 Å². The lowest BCUT2D eigenvalue weighted by Gasteiger charge is -2.07. The fourth-order valence-electron chi connectivity index (χ4n) is 1.79. The van der Waals surface area contributed by atoms with Crippen LogP contribution in [0.25, 0.3) is 0 Å². The number of phenolic OH excluding ortho intramolecular Hbond substituents is 1. The molecule has 2 aromatic carbocycles. The molecule has 0 radical (unpaired) electrons. The summed E-state index contributed by atoms with van der Waals surface area (Å²) < 4.78 is 10.2. The van der Waals surface area contributed by atoms with Crippen LogP contribution in [0.3, 0.4) is 0 Å². The van der Waals surface area contributed by atoms with Crippen LogP contribution in [0.2, 0.25) is 0 Å². The van der Waals surface area contributed by atoms with Gasteiger partial charge in [-0.2, -0.15) is 0 Å². The fourth-order valence-corrected chi connectivity index (χ4v) is 1.79. The Morgan fingerprint density at radius 1 is 1.10 bits per heavy atom. The molecule has 4 heteroatoms. The molecule has 0 fully saturated rings. The normalized spacial score (nSPS) is 10.1. The lowest BCUT2D eigenvalue weighted by Crippen LogP contribution is -2.08. The smallest absolute Gasteiger partial charge is 0.310 e. The topological polar surface area (TPSA) is 55.8 Å². The summed E-state index contributed by atoms with van der Waals surface area (Å²) in [7, 11) is 1.46. The lowest BCUT2D eigenvalue weighted by atomic mass is 10.1. The van der Waals surface area contributed by atoms with Crippen molar-refractivity contribution in [3.63, 3.8) is 0 Å². The SMILES string of the molecule is COc1cc(CC(=O)OCc2ccccc2)ccc1O. The molecule has 1 N–H and O–H groups in total. The molecule has 0 saturated heterocycles. The van der Waals surface area contributed by atoms with Crippen LogP contribution >= 0.6 is 0 Å². The summed E-state index contributed by atoms with van der Waals surface area (Å²) in [4.78, 5) is 11.7. The van der Waals surface area contributed by atoms with Gasteiger partial charge in [0.2, 0.25) is 0 Å². The Bertz CT molecular complexity index is 578. The van der Waals surface area contributed by atoms with E-state index in [1.54, 1.807) is 12.1 Å². The monoisotopic (exact) mass is 272 g/mol. The highest BCUT2D eigenvalue weighted by Gasteiger charge is 2.08. The van der Waals surface area contributed by atoms with Gasteiger partial charge in [0.15, 0.2) is 11.5 Å². The number of aromatic hydroxyl groups is 1. The number of carbonyl (C=O) groups excluding carboxylic acids is 1. The van der Waals surface area contributed by atoms with E-state index in [0.717, 1.165) is 11.1 Å². The van der Waals surface area contributed by atoms with Gasteiger partial charge in [0.05, 0.1) is 13.5 Å². The van der Waals surface area contributed by atoms with Gasteiger partial charge in [0, 0.05) is 0 Å². The van der Waals surface area contributed by atoms with Crippen molar-refractivity contribution in [3.8, 4) is 11.5 Å². The van der Waals surface area contributed by atoms with E-state index in [2.05, 4.69) is 0 Å². The molecule has 0 aromatic heterocycles. The van der Waals surface area contributed by atoms with Gasteiger partial charge in [0.25, 0.3) is 0 Å². The van der Waals surface area contributed by atoms with E-state index >= 15 is 0 Å². The van der Waals surface area contributed by atoms with Crippen LogP contribution in [0.5, 0.6) is 11.5 Å². The Balaban J connectivity index is 1.91. The van der Waals surface area contributed by atoms with Crippen LogP contribution in [0, 0.1) is 0 Å². The summed E-state index contributed by atoms with van der Waals surface area (Å²) in [6.07, 6.45) is 0.142. The van der Waals surface area contributed by atoms with E-state index in [9.17, 15) is 9.90 Å². The van der Waals surface area contributed by atoms with E-state index in [0.29, 0.717) is 5.75 Å². The Kier molecular flexibility index (Phi) is 4.60. The fraction of sp³-hybridized carbons (Fsp3) is 0.188. The van der Waals surface area contributed by atoms with Gasteiger partial charge in [0.1, 0.15) is 6.61 Å². The predicted octanol–water partition coefficient (Wildman–Crippen LogP) is 2.69. The minimum atomic E-state index is -0.318. The Morgan fingerprint density at radius 3 is 2.55 bits per heavy atom. The van der Waals surface area contributed by atoms with Gasteiger partial charge in [-0.25, -0.2) is 0 Å².